The minimum Gasteiger partial charge on any atom is -0.361 e. The molecule has 1 aliphatic rings. The van der Waals surface area contributed by atoms with Crippen molar-refractivity contribution in [3.8, 4) is 0 Å². The molecule has 1 saturated heterocycles. The number of nitrogens with one attached hydrogen (secondary N) is 1. The Bertz CT molecular complexity index is 728. The summed E-state index contributed by atoms with van der Waals surface area (Å²) in [7, 11) is 0. The lowest BCUT2D eigenvalue weighted by atomic mass is 9.88. The maximum atomic E-state index is 12.6. The average molecular weight is 341 g/mol. The fourth-order valence-corrected chi connectivity index (χ4v) is 3.99. The summed E-state index contributed by atoms with van der Waals surface area (Å²) in [5, 5.41) is 1.35. The molecule has 2 unspecified atom stereocenters. The molecule has 1 fully saturated rings. The van der Waals surface area contributed by atoms with Gasteiger partial charge in [0.05, 0.1) is 6.04 Å². The molecule has 3 N–H and O–H groups in total. The Morgan fingerprint density at radius 1 is 1.32 bits per heavy atom. The van der Waals surface area contributed by atoms with Gasteiger partial charge in [0.25, 0.3) is 0 Å². The number of amides is 1. The van der Waals surface area contributed by atoms with E-state index in [-0.39, 0.29) is 17.9 Å². The molecule has 2 heterocycles. The van der Waals surface area contributed by atoms with Crippen molar-refractivity contribution in [3.63, 3.8) is 0 Å². The lowest BCUT2D eigenvalue weighted by Gasteiger charge is -2.34. The number of benzene rings is 1. The van der Waals surface area contributed by atoms with Crippen LogP contribution in [0.15, 0.2) is 24.4 Å². The fourth-order valence-electron chi connectivity index (χ4n) is 3.99. The number of rotatable bonds is 5. The van der Waals surface area contributed by atoms with E-state index in [9.17, 15) is 4.79 Å². The summed E-state index contributed by atoms with van der Waals surface area (Å²) in [5.41, 5.74) is 10.2. The van der Waals surface area contributed by atoms with Crippen molar-refractivity contribution in [2.75, 3.05) is 13.1 Å². The third-order valence-electron chi connectivity index (χ3n) is 6.00. The molecule has 2 aromatic rings. The molecule has 3 rings (SSSR count). The van der Waals surface area contributed by atoms with Gasteiger partial charge in [-0.3, -0.25) is 4.79 Å². The standard InChI is InChI=1S/C21H31N3O/c1-4-14(3)19(22)21(25)24-11-9-16(10-12-24)18-13-23-20-15(5-2)7-6-8-17(18)20/h6-8,13-14,16,19,23H,4-5,9-12,22H2,1-3H3. The van der Waals surface area contributed by atoms with Gasteiger partial charge in [-0.05, 0) is 42.2 Å². The van der Waals surface area contributed by atoms with Crippen molar-refractivity contribution < 1.29 is 4.79 Å². The molecule has 0 spiro atoms. The topological polar surface area (TPSA) is 62.1 Å². The highest BCUT2D eigenvalue weighted by molar-refractivity contribution is 5.86. The van der Waals surface area contributed by atoms with E-state index in [1.54, 1.807) is 0 Å². The van der Waals surface area contributed by atoms with Crippen LogP contribution < -0.4 is 5.73 Å². The summed E-state index contributed by atoms with van der Waals surface area (Å²) >= 11 is 0. The second-order valence-corrected chi connectivity index (χ2v) is 7.45. The van der Waals surface area contributed by atoms with Crippen molar-refractivity contribution in [2.24, 2.45) is 11.7 Å². The van der Waals surface area contributed by atoms with E-state index in [0.29, 0.717) is 5.92 Å². The first-order chi connectivity index (χ1) is 12.1. The van der Waals surface area contributed by atoms with Crippen LogP contribution in [-0.4, -0.2) is 34.9 Å². The number of likely N-dealkylation sites (tertiary alicyclic amines) is 1. The number of fused-ring (bicyclic) bond motifs is 1. The number of H-pyrrole nitrogens is 1. The van der Waals surface area contributed by atoms with E-state index in [2.05, 4.69) is 50.2 Å². The molecule has 2 atom stereocenters. The van der Waals surface area contributed by atoms with Crippen LogP contribution in [0.2, 0.25) is 0 Å². The number of hydrogen-bond acceptors (Lipinski definition) is 2. The van der Waals surface area contributed by atoms with Gasteiger partial charge in [-0.15, -0.1) is 0 Å². The molecule has 0 saturated carbocycles. The molecule has 1 aromatic carbocycles. The first-order valence-corrected chi connectivity index (χ1v) is 9.70. The highest BCUT2D eigenvalue weighted by Crippen LogP contribution is 2.34. The van der Waals surface area contributed by atoms with E-state index in [1.807, 2.05) is 4.90 Å². The number of carbonyl (C=O) groups is 1. The Morgan fingerprint density at radius 2 is 2.04 bits per heavy atom. The molecule has 1 aliphatic heterocycles. The summed E-state index contributed by atoms with van der Waals surface area (Å²) in [5.74, 6) is 0.885. The third-order valence-corrected chi connectivity index (χ3v) is 6.00. The van der Waals surface area contributed by atoms with Crippen LogP contribution in [0.3, 0.4) is 0 Å². The molecule has 1 aromatic heterocycles. The Morgan fingerprint density at radius 3 is 2.68 bits per heavy atom. The van der Waals surface area contributed by atoms with Gasteiger partial charge in [-0.1, -0.05) is 45.4 Å². The average Bonchev–Trinajstić information content (AvgIpc) is 3.10. The van der Waals surface area contributed by atoms with Crippen LogP contribution in [0.25, 0.3) is 10.9 Å². The molecule has 1 amide bonds. The smallest absolute Gasteiger partial charge is 0.239 e. The minimum absolute atomic E-state index is 0.125. The summed E-state index contributed by atoms with van der Waals surface area (Å²) in [6.45, 7) is 7.97. The number of aromatic nitrogens is 1. The Labute approximate surface area is 150 Å². The quantitative estimate of drug-likeness (QED) is 0.868. The van der Waals surface area contributed by atoms with Crippen LogP contribution in [0, 0.1) is 5.92 Å². The van der Waals surface area contributed by atoms with Gasteiger partial charge in [0.2, 0.25) is 5.91 Å². The molecule has 0 bridgehead atoms. The third kappa shape index (κ3) is 3.45. The zero-order valence-electron chi connectivity index (χ0n) is 15.7. The van der Waals surface area contributed by atoms with Crippen molar-refractivity contribution in [2.45, 2.75) is 58.4 Å². The second kappa shape index (κ2) is 7.61. The number of nitrogens with zero attached hydrogens (tertiary/aromatic N) is 1. The zero-order valence-corrected chi connectivity index (χ0v) is 15.7. The summed E-state index contributed by atoms with van der Waals surface area (Å²) in [4.78, 5) is 18.0. The van der Waals surface area contributed by atoms with Crippen LogP contribution >= 0.6 is 0 Å². The van der Waals surface area contributed by atoms with Gasteiger partial charge >= 0.3 is 0 Å². The fraction of sp³-hybridized carbons (Fsp3) is 0.571. The zero-order chi connectivity index (χ0) is 18.0. The minimum atomic E-state index is -0.359. The first kappa shape index (κ1) is 18.0. The van der Waals surface area contributed by atoms with Crippen molar-refractivity contribution >= 4 is 16.8 Å². The van der Waals surface area contributed by atoms with Gasteiger partial charge in [-0.2, -0.15) is 0 Å². The van der Waals surface area contributed by atoms with E-state index < -0.39 is 0 Å². The van der Waals surface area contributed by atoms with E-state index in [4.69, 9.17) is 5.73 Å². The van der Waals surface area contributed by atoms with E-state index in [1.165, 1.54) is 22.0 Å². The van der Waals surface area contributed by atoms with Crippen LogP contribution in [0.4, 0.5) is 0 Å². The maximum Gasteiger partial charge on any atom is 0.239 e. The number of aryl methyl sites for hydroxylation is 1. The Kier molecular flexibility index (Phi) is 5.48. The molecule has 4 heteroatoms. The predicted molar refractivity (Wildman–Crippen MR) is 104 cm³/mol. The normalized spacial score (nSPS) is 18.5. The molecular formula is C21H31N3O. The van der Waals surface area contributed by atoms with Crippen molar-refractivity contribution in [1.82, 2.24) is 9.88 Å². The van der Waals surface area contributed by atoms with Crippen molar-refractivity contribution in [1.29, 1.82) is 0 Å². The Balaban J connectivity index is 1.70. The number of piperidine rings is 1. The van der Waals surface area contributed by atoms with Crippen LogP contribution in [-0.2, 0) is 11.2 Å². The van der Waals surface area contributed by atoms with Gasteiger partial charge in [0.15, 0.2) is 0 Å². The number of aromatic amines is 1. The van der Waals surface area contributed by atoms with Gasteiger partial charge in [0.1, 0.15) is 0 Å². The summed E-state index contributed by atoms with van der Waals surface area (Å²) < 4.78 is 0. The Hall–Kier alpha value is -1.81. The largest absolute Gasteiger partial charge is 0.361 e. The monoisotopic (exact) mass is 341 g/mol. The summed E-state index contributed by atoms with van der Waals surface area (Å²) in [6, 6.07) is 6.21. The van der Waals surface area contributed by atoms with E-state index in [0.717, 1.165) is 38.8 Å². The van der Waals surface area contributed by atoms with Gasteiger partial charge in [0, 0.05) is 30.2 Å². The SMILES string of the molecule is CCc1cccc2c(C3CCN(C(=O)C(N)C(C)CC)CC3)c[nH]c12. The highest BCUT2D eigenvalue weighted by atomic mass is 16.2. The molecule has 4 nitrogen and oxygen atoms in total. The van der Waals surface area contributed by atoms with Gasteiger partial charge in [-0.25, -0.2) is 0 Å². The number of carbonyl (C=O) groups excluding carboxylic acids is 1. The number of hydrogen-bond donors (Lipinski definition) is 2. The van der Waals surface area contributed by atoms with Crippen LogP contribution in [0.1, 0.15) is 57.1 Å². The lowest BCUT2D eigenvalue weighted by Crippen LogP contribution is -2.49. The second-order valence-electron chi connectivity index (χ2n) is 7.45. The van der Waals surface area contributed by atoms with Crippen LogP contribution in [0.5, 0.6) is 0 Å². The lowest BCUT2D eigenvalue weighted by molar-refractivity contribution is -0.134. The molecule has 25 heavy (non-hydrogen) atoms. The van der Waals surface area contributed by atoms with Crippen molar-refractivity contribution in [3.05, 3.63) is 35.5 Å². The highest BCUT2D eigenvalue weighted by Gasteiger charge is 2.29. The first-order valence-electron chi connectivity index (χ1n) is 9.70. The van der Waals surface area contributed by atoms with Gasteiger partial charge < -0.3 is 15.6 Å². The molecule has 0 radical (unpaired) electrons. The number of nitrogens with two attached hydrogens (primary N) is 1. The molecule has 136 valence electrons. The summed E-state index contributed by atoms with van der Waals surface area (Å²) in [6.07, 6.45) is 6.19. The number of para-hydroxylation sites is 1. The molecule has 0 aliphatic carbocycles. The molecular weight excluding hydrogens is 310 g/mol. The van der Waals surface area contributed by atoms with E-state index >= 15 is 0 Å². The predicted octanol–water partition coefficient (Wildman–Crippen LogP) is 3.81. The maximum absolute atomic E-state index is 12.6.